The Morgan fingerprint density at radius 2 is 1.94 bits per heavy atom. The minimum Gasteiger partial charge on any atom is -0.310 e. The van der Waals surface area contributed by atoms with Gasteiger partial charge < -0.3 is 5.32 Å². The van der Waals surface area contributed by atoms with Gasteiger partial charge in [0.2, 0.25) is 0 Å². The quantitative estimate of drug-likeness (QED) is 0.859. The van der Waals surface area contributed by atoms with Gasteiger partial charge >= 0.3 is 0 Å². The number of nitrogens with one attached hydrogen (secondary N) is 1. The van der Waals surface area contributed by atoms with E-state index in [9.17, 15) is 0 Å². The highest BCUT2D eigenvalue weighted by Crippen LogP contribution is 2.48. The van der Waals surface area contributed by atoms with Crippen molar-refractivity contribution in [3.63, 3.8) is 0 Å². The van der Waals surface area contributed by atoms with Crippen LogP contribution < -0.4 is 5.32 Å². The van der Waals surface area contributed by atoms with Gasteiger partial charge in [0.25, 0.3) is 0 Å². The molecular formula is C15H17N3. The third-order valence-corrected chi connectivity index (χ3v) is 3.73. The Kier molecular flexibility index (Phi) is 3.65. The molecule has 1 aliphatic carbocycles. The molecule has 1 N–H and O–H groups in total. The third-order valence-electron chi connectivity index (χ3n) is 3.73. The lowest BCUT2D eigenvalue weighted by Crippen LogP contribution is -2.26. The summed E-state index contributed by atoms with van der Waals surface area (Å²) in [7, 11) is 0. The fourth-order valence-electron chi connectivity index (χ4n) is 2.09. The van der Waals surface area contributed by atoms with Crippen LogP contribution in [0.3, 0.4) is 0 Å². The summed E-state index contributed by atoms with van der Waals surface area (Å²) in [5.74, 6) is 0. The van der Waals surface area contributed by atoms with Crippen LogP contribution in [0.15, 0.2) is 24.3 Å². The lowest BCUT2D eigenvalue weighted by molar-refractivity contribution is 0.433. The fraction of sp³-hybridized carbons (Fsp3) is 0.467. The Hall–Kier alpha value is -1.84. The van der Waals surface area contributed by atoms with Gasteiger partial charge in [0, 0.05) is 19.0 Å². The SMILES string of the molecule is CC(NCC1(CC#N)CC1)c1ccc(C#N)cc1. The number of hydrogen-bond donors (Lipinski definition) is 1. The molecule has 1 fully saturated rings. The Morgan fingerprint density at radius 1 is 1.28 bits per heavy atom. The molecule has 0 aromatic heterocycles. The van der Waals surface area contributed by atoms with Gasteiger partial charge in [0.1, 0.15) is 0 Å². The molecule has 0 saturated heterocycles. The molecule has 1 atom stereocenters. The van der Waals surface area contributed by atoms with Crippen molar-refractivity contribution >= 4 is 0 Å². The summed E-state index contributed by atoms with van der Waals surface area (Å²) in [5, 5.41) is 21.0. The predicted molar refractivity (Wildman–Crippen MR) is 69.5 cm³/mol. The number of benzene rings is 1. The maximum Gasteiger partial charge on any atom is 0.0991 e. The van der Waals surface area contributed by atoms with Crippen molar-refractivity contribution < 1.29 is 0 Å². The van der Waals surface area contributed by atoms with Gasteiger partial charge in [-0.3, -0.25) is 0 Å². The number of rotatable bonds is 5. The topological polar surface area (TPSA) is 59.6 Å². The number of hydrogen-bond acceptors (Lipinski definition) is 3. The molecule has 2 rings (SSSR count). The van der Waals surface area contributed by atoms with Crippen molar-refractivity contribution in [1.29, 1.82) is 10.5 Å². The number of nitrogens with zero attached hydrogens (tertiary/aromatic N) is 2. The van der Waals surface area contributed by atoms with E-state index in [1.54, 1.807) is 0 Å². The van der Waals surface area contributed by atoms with Crippen LogP contribution in [0, 0.1) is 28.1 Å². The summed E-state index contributed by atoms with van der Waals surface area (Å²) in [6.07, 6.45) is 2.97. The van der Waals surface area contributed by atoms with Crippen LogP contribution in [-0.2, 0) is 0 Å². The first-order valence-electron chi connectivity index (χ1n) is 6.29. The second-order valence-electron chi connectivity index (χ2n) is 5.17. The molecular weight excluding hydrogens is 222 g/mol. The van der Waals surface area contributed by atoms with E-state index in [1.807, 2.05) is 24.3 Å². The highest BCUT2D eigenvalue weighted by atomic mass is 14.9. The molecule has 1 saturated carbocycles. The molecule has 1 aliphatic rings. The molecule has 3 nitrogen and oxygen atoms in total. The van der Waals surface area contributed by atoms with Gasteiger partial charge in [0.15, 0.2) is 0 Å². The first-order chi connectivity index (χ1) is 8.69. The van der Waals surface area contributed by atoms with Crippen LogP contribution in [0.5, 0.6) is 0 Å². The molecule has 1 aromatic carbocycles. The average molecular weight is 239 g/mol. The minimum absolute atomic E-state index is 0.232. The van der Waals surface area contributed by atoms with Crippen LogP contribution in [0.2, 0.25) is 0 Å². The van der Waals surface area contributed by atoms with E-state index in [0.29, 0.717) is 12.0 Å². The van der Waals surface area contributed by atoms with Crippen LogP contribution in [-0.4, -0.2) is 6.54 Å². The molecule has 3 heteroatoms. The molecule has 0 aliphatic heterocycles. The number of nitriles is 2. The highest BCUT2D eigenvalue weighted by molar-refractivity contribution is 5.32. The summed E-state index contributed by atoms with van der Waals surface area (Å²) in [6, 6.07) is 12.3. The van der Waals surface area contributed by atoms with Gasteiger partial charge in [-0.05, 0) is 42.9 Å². The van der Waals surface area contributed by atoms with E-state index in [0.717, 1.165) is 19.4 Å². The Labute approximate surface area is 108 Å². The zero-order valence-corrected chi connectivity index (χ0v) is 10.6. The van der Waals surface area contributed by atoms with Gasteiger partial charge in [-0.25, -0.2) is 0 Å². The monoisotopic (exact) mass is 239 g/mol. The van der Waals surface area contributed by atoms with Crippen LogP contribution in [0.25, 0.3) is 0 Å². The van der Waals surface area contributed by atoms with Crippen LogP contribution in [0.4, 0.5) is 0 Å². The maximum absolute atomic E-state index is 8.77. The lowest BCUT2D eigenvalue weighted by atomic mass is 10.0. The highest BCUT2D eigenvalue weighted by Gasteiger charge is 2.42. The van der Waals surface area contributed by atoms with Crippen molar-refractivity contribution in [2.75, 3.05) is 6.54 Å². The molecule has 0 bridgehead atoms. The van der Waals surface area contributed by atoms with E-state index < -0.39 is 0 Å². The van der Waals surface area contributed by atoms with Gasteiger partial charge in [-0.15, -0.1) is 0 Å². The van der Waals surface area contributed by atoms with E-state index in [2.05, 4.69) is 24.4 Å². The Balaban J connectivity index is 1.90. The third kappa shape index (κ3) is 2.88. The van der Waals surface area contributed by atoms with Crippen molar-refractivity contribution in [3.8, 4) is 12.1 Å². The van der Waals surface area contributed by atoms with Gasteiger partial charge in [0.05, 0.1) is 17.7 Å². The average Bonchev–Trinajstić information content (AvgIpc) is 3.17. The lowest BCUT2D eigenvalue weighted by Gasteiger charge is -2.18. The molecule has 92 valence electrons. The second-order valence-corrected chi connectivity index (χ2v) is 5.17. The Bertz CT molecular complexity index is 486. The molecule has 0 heterocycles. The summed E-state index contributed by atoms with van der Waals surface area (Å²) < 4.78 is 0. The van der Waals surface area contributed by atoms with Crippen molar-refractivity contribution in [3.05, 3.63) is 35.4 Å². The van der Waals surface area contributed by atoms with E-state index in [-0.39, 0.29) is 11.5 Å². The van der Waals surface area contributed by atoms with Gasteiger partial charge in [-0.2, -0.15) is 10.5 Å². The molecule has 1 unspecified atom stereocenters. The zero-order chi connectivity index (χ0) is 13.0. The molecule has 0 amide bonds. The van der Waals surface area contributed by atoms with Crippen LogP contribution in [0.1, 0.15) is 43.4 Å². The minimum atomic E-state index is 0.232. The molecule has 0 radical (unpaired) electrons. The van der Waals surface area contributed by atoms with Gasteiger partial charge in [-0.1, -0.05) is 12.1 Å². The van der Waals surface area contributed by atoms with E-state index in [4.69, 9.17) is 10.5 Å². The van der Waals surface area contributed by atoms with Crippen molar-refractivity contribution in [2.24, 2.45) is 5.41 Å². The Morgan fingerprint density at radius 3 is 2.44 bits per heavy atom. The standard InChI is InChI=1S/C15H17N3/c1-12(14-4-2-13(10-17)3-5-14)18-11-15(6-7-15)8-9-16/h2-5,12,18H,6-8,11H2,1H3. The fourth-order valence-corrected chi connectivity index (χ4v) is 2.09. The summed E-state index contributed by atoms with van der Waals surface area (Å²) in [6.45, 7) is 3.02. The predicted octanol–water partition coefficient (Wildman–Crippen LogP) is 2.90. The zero-order valence-electron chi connectivity index (χ0n) is 10.6. The molecule has 1 aromatic rings. The largest absolute Gasteiger partial charge is 0.310 e. The van der Waals surface area contributed by atoms with Crippen LogP contribution >= 0.6 is 0 Å². The van der Waals surface area contributed by atoms with Crippen molar-refractivity contribution in [1.82, 2.24) is 5.32 Å². The first-order valence-corrected chi connectivity index (χ1v) is 6.29. The van der Waals surface area contributed by atoms with E-state index >= 15 is 0 Å². The summed E-state index contributed by atoms with van der Waals surface area (Å²) in [5.41, 5.74) is 2.10. The maximum atomic E-state index is 8.77. The normalized spacial score (nSPS) is 17.5. The molecule has 18 heavy (non-hydrogen) atoms. The first kappa shape index (κ1) is 12.6. The summed E-state index contributed by atoms with van der Waals surface area (Å²) >= 11 is 0. The smallest absolute Gasteiger partial charge is 0.0991 e. The molecule has 0 spiro atoms. The second kappa shape index (κ2) is 5.21. The van der Waals surface area contributed by atoms with Crippen molar-refractivity contribution in [2.45, 2.75) is 32.2 Å². The summed E-state index contributed by atoms with van der Waals surface area (Å²) in [4.78, 5) is 0. The van der Waals surface area contributed by atoms with E-state index in [1.165, 1.54) is 5.56 Å².